The molecule has 0 unspecified atom stereocenters. The molecule has 140 valence electrons. The van der Waals surface area contributed by atoms with Crippen molar-refractivity contribution in [3.8, 4) is 11.5 Å². The number of benzene rings is 2. The first-order valence-electron chi connectivity index (χ1n) is 8.82. The zero-order valence-corrected chi connectivity index (χ0v) is 16.0. The first-order chi connectivity index (χ1) is 13.1. The summed E-state index contributed by atoms with van der Waals surface area (Å²) in [6.45, 7) is 4.00. The van der Waals surface area contributed by atoms with Gasteiger partial charge in [-0.25, -0.2) is 9.97 Å². The number of aryl methyl sites for hydroxylation is 2. The highest BCUT2D eigenvalue weighted by Crippen LogP contribution is 2.31. The Kier molecular flexibility index (Phi) is 5.76. The van der Waals surface area contributed by atoms with Gasteiger partial charge in [-0.15, -0.1) is 0 Å². The SMILES string of the molecule is CCc1ccc(Nc2cc(Nc3cc(OC)ccc3OC)nc(C)n2)cc1. The average Bonchev–Trinajstić information content (AvgIpc) is 2.68. The molecule has 2 N–H and O–H groups in total. The summed E-state index contributed by atoms with van der Waals surface area (Å²) in [6, 6.07) is 15.7. The number of hydrogen-bond donors (Lipinski definition) is 2. The molecule has 3 rings (SSSR count). The molecule has 0 atom stereocenters. The Morgan fingerprint density at radius 3 is 2.19 bits per heavy atom. The Hall–Kier alpha value is -3.28. The topological polar surface area (TPSA) is 68.3 Å². The van der Waals surface area contributed by atoms with Crippen LogP contribution in [0.25, 0.3) is 0 Å². The van der Waals surface area contributed by atoms with E-state index in [0.29, 0.717) is 17.4 Å². The lowest BCUT2D eigenvalue weighted by Crippen LogP contribution is -2.02. The molecule has 6 nitrogen and oxygen atoms in total. The van der Waals surface area contributed by atoms with Gasteiger partial charge in [-0.1, -0.05) is 19.1 Å². The summed E-state index contributed by atoms with van der Waals surface area (Å²) >= 11 is 0. The van der Waals surface area contributed by atoms with Crippen LogP contribution >= 0.6 is 0 Å². The molecule has 3 aromatic rings. The molecule has 0 aliphatic heterocycles. The van der Waals surface area contributed by atoms with E-state index < -0.39 is 0 Å². The maximum atomic E-state index is 5.42. The molecule has 27 heavy (non-hydrogen) atoms. The summed E-state index contributed by atoms with van der Waals surface area (Å²) in [6.07, 6.45) is 1.02. The van der Waals surface area contributed by atoms with Gasteiger partial charge in [-0.3, -0.25) is 0 Å². The van der Waals surface area contributed by atoms with E-state index in [-0.39, 0.29) is 0 Å². The van der Waals surface area contributed by atoms with Gasteiger partial charge in [0.25, 0.3) is 0 Å². The Labute approximate surface area is 159 Å². The summed E-state index contributed by atoms with van der Waals surface area (Å²) in [5, 5.41) is 6.61. The standard InChI is InChI=1S/C21H24N4O2/c1-5-15-6-8-16(9-7-15)24-20-13-21(23-14(2)22-20)25-18-12-17(26-3)10-11-19(18)27-4/h6-13H,5H2,1-4H3,(H2,22,23,24,25). The van der Waals surface area contributed by atoms with Crippen LogP contribution in [0.15, 0.2) is 48.5 Å². The molecule has 6 heteroatoms. The van der Waals surface area contributed by atoms with Gasteiger partial charge >= 0.3 is 0 Å². The van der Waals surface area contributed by atoms with E-state index in [4.69, 9.17) is 9.47 Å². The minimum atomic E-state index is 0.662. The third-order valence-corrected chi connectivity index (χ3v) is 4.14. The summed E-state index contributed by atoms with van der Waals surface area (Å²) < 4.78 is 10.7. The third-order valence-electron chi connectivity index (χ3n) is 4.14. The molecule has 1 aromatic heterocycles. The zero-order chi connectivity index (χ0) is 19.2. The molecule has 0 spiro atoms. The molecule has 0 saturated heterocycles. The van der Waals surface area contributed by atoms with Gasteiger partial charge in [0, 0.05) is 17.8 Å². The lowest BCUT2D eigenvalue weighted by molar-refractivity contribution is 0.405. The first-order valence-corrected chi connectivity index (χ1v) is 8.82. The van der Waals surface area contributed by atoms with Gasteiger partial charge in [0.15, 0.2) is 0 Å². The maximum absolute atomic E-state index is 5.42. The molecule has 0 aliphatic carbocycles. The van der Waals surface area contributed by atoms with Gasteiger partial charge in [-0.2, -0.15) is 0 Å². The van der Waals surface area contributed by atoms with Crippen molar-refractivity contribution in [3.05, 3.63) is 59.9 Å². The van der Waals surface area contributed by atoms with Crippen LogP contribution in [-0.2, 0) is 6.42 Å². The normalized spacial score (nSPS) is 10.4. The smallest absolute Gasteiger partial charge is 0.142 e. The average molecular weight is 364 g/mol. The fourth-order valence-electron chi connectivity index (χ4n) is 2.72. The maximum Gasteiger partial charge on any atom is 0.142 e. The van der Waals surface area contributed by atoms with Crippen molar-refractivity contribution in [2.24, 2.45) is 0 Å². The van der Waals surface area contributed by atoms with Crippen molar-refractivity contribution in [1.82, 2.24) is 9.97 Å². The molecular weight excluding hydrogens is 340 g/mol. The predicted octanol–water partition coefficient (Wildman–Crippen LogP) is 4.85. The van der Waals surface area contributed by atoms with Crippen molar-refractivity contribution < 1.29 is 9.47 Å². The van der Waals surface area contributed by atoms with Gasteiger partial charge in [0.2, 0.25) is 0 Å². The number of hydrogen-bond acceptors (Lipinski definition) is 6. The van der Waals surface area contributed by atoms with Crippen LogP contribution in [0.4, 0.5) is 23.0 Å². The van der Waals surface area contributed by atoms with Crippen LogP contribution in [0.1, 0.15) is 18.3 Å². The second-order valence-electron chi connectivity index (χ2n) is 6.05. The van der Waals surface area contributed by atoms with E-state index >= 15 is 0 Å². The number of methoxy groups -OCH3 is 2. The van der Waals surface area contributed by atoms with E-state index in [0.717, 1.165) is 29.4 Å². The number of nitrogens with zero attached hydrogens (tertiary/aromatic N) is 2. The van der Waals surface area contributed by atoms with Crippen LogP contribution in [0.3, 0.4) is 0 Å². The molecule has 0 aliphatic rings. The second-order valence-corrected chi connectivity index (χ2v) is 6.05. The van der Waals surface area contributed by atoms with Gasteiger partial charge < -0.3 is 20.1 Å². The first kappa shape index (κ1) is 18.5. The fraction of sp³-hybridized carbons (Fsp3) is 0.238. The van der Waals surface area contributed by atoms with Crippen LogP contribution in [0.2, 0.25) is 0 Å². The van der Waals surface area contributed by atoms with Gasteiger partial charge in [0.05, 0.1) is 19.9 Å². The lowest BCUT2D eigenvalue weighted by Gasteiger charge is -2.14. The van der Waals surface area contributed by atoms with Crippen molar-refractivity contribution in [2.45, 2.75) is 20.3 Å². The van der Waals surface area contributed by atoms with Crippen molar-refractivity contribution in [1.29, 1.82) is 0 Å². The Morgan fingerprint density at radius 1 is 0.852 bits per heavy atom. The molecule has 0 radical (unpaired) electrons. The van der Waals surface area contributed by atoms with Crippen molar-refractivity contribution >= 4 is 23.0 Å². The van der Waals surface area contributed by atoms with Gasteiger partial charge in [-0.05, 0) is 43.2 Å². The van der Waals surface area contributed by atoms with Gasteiger partial charge in [0.1, 0.15) is 29.0 Å². The number of aromatic nitrogens is 2. The third kappa shape index (κ3) is 4.67. The Balaban J connectivity index is 1.85. The molecule has 0 bridgehead atoms. The highest BCUT2D eigenvalue weighted by atomic mass is 16.5. The summed E-state index contributed by atoms with van der Waals surface area (Å²) in [4.78, 5) is 8.94. The molecule has 1 heterocycles. The lowest BCUT2D eigenvalue weighted by atomic mass is 10.1. The van der Waals surface area contributed by atoms with E-state index in [2.05, 4.69) is 51.8 Å². The fourth-order valence-corrected chi connectivity index (χ4v) is 2.72. The number of anilines is 4. The quantitative estimate of drug-likeness (QED) is 0.624. The highest BCUT2D eigenvalue weighted by molar-refractivity contribution is 5.68. The van der Waals surface area contributed by atoms with Crippen LogP contribution in [0.5, 0.6) is 11.5 Å². The summed E-state index contributed by atoms with van der Waals surface area (Å²) in [5.41, 5.74) is 3.05. The Bertz CT molecular complexity index is 911. The van der Waals surface area contributed by atoms with Crippen molar-refractivity contribution in [3.63, 3.8) is 0 Å². The van der Waals surface area contributed by atoms with Crippen LogP contribution in [0, 0.1) is 6.92 Å². The molecule has 2 aromatic carbocycles. The minimum absolute atomic E-state index is 0.662. The largest absolute Gasteiger partial charge is 0.497 e. The zero-order valence-electron chi connectivity index (χ0n) is 16.0. The van der Waals surface area contributed by atoms with Crippen molar-refractivity contribution in [2.75, 3.05) is 24.9 Å². The van der Waals surface area contributed by atoms with E-state index in [9.17, 15) is 0 Å². The Morgan fingerprint density at radius 2 is 1.56 bits per heavy atom. The monoisotopic (exact) mass is 364 g/mol. The van der Waals surface area contributed by atoms with Crippen LogP contribution < -0.4 is 20.1 Å². The summed E-state index contributed by atoms with van der Waals surface area (Å²) in [5.74, 6) is 3.49. The molecule has 0 fully saturated rings. The van der Waals surface area contributed by atoms with E-state index in [1.807, 2.05) is 31.2 Å². The van der Waals surface area contributed by atoms with Crippen LogP contribution in [-0.4, -0.2) is 24.2 Å². The number of nitrogens with one attached hydrogen (secondary N) is 2. The highest BCUT2D eigenvalue weighted by Gasteiger charge is 2.08. The minimum Gasteiger partial charge on any atom is -0.497 e. The number of rotatable bonds is 7. The van der Waals surface area contributed by atoms with E-state index in [1.54, 1.807) is 14.2 Å². The predicted molar refractivity (Wildman–Crippen MR) is 109 cm³/mol. The number of ether oxygens (including phenoxy) is 2. The second kappa shape index (κ2) is 8.40. The molecule has 0 amide bonds. The van der Waals surface area contributed by atoms with E-state index in [1.165, 1.54) is 5.56 Å². The molecular formula is C21H24N4O2. The molecule has 0 saturated carbocycles. The summed E-state index contributed by atoms with van der Waals surface area (Å²) in [7, 11) is 3.26.